The van der Waals surface area contributed by atoms with Crippen LogP contribution in [-0.4, -0.2) is 30.6 Å². The molecule has 26 heavy (non-hydrogen) atoms. The fourth-order valence-electron chi connectivity index (χ4n) is 2.68. The maximum atomic E-state index is 12.4. The van der Waals surface area contributed by atoms with Crippen LogP contribution < -0.4 is 5.32 Å². The van der Waals surface area contributed by atoms with Gasteiger partial charge in [-0.25, -0.2) is 9.97 Å². The number of rotatable bonds is 4. The van der Waals surface area contributed by atoms with Crippen molar-refractivity contribution in [3.63, 3.8) is 0 Å². The minimum Gasteiger partial charge on any atom is -0.331 e. The first-order valence-corrected chi connectivity index (χ1v) is 7.98. The molecule has 0 fully saturated rings. The van der Waals surface area contributed by atoms with E-state index in [1.54, 1.807) is 83.4 Å². The number of pyridine rings is 1. The summed E-state index contributed by atoms with van der Waals surface area (Å²) < 4.78 is 3.45. The normalized spacial score (nSPS) is 10.8. The highest BCUT2D eigenvalue weighted by Gasteiger charge is 2.14. The number of benzene rings is 1. The van der Waals surface area contributed by atoms with Gasteiger partial charge in [-0.1, -0.05) is 0 Å². The van der Waals surface area contributed by atoms with E-state index in [9.17, 15) is 9.59 Å². The highest BCUT2D eigenvalue weighted by molar-refractivity contribution is 6.07. The van der Waals surface area contributed by atoms with Crippen LogP contribution in [0.15, 0.2) is 67.4 Å². The molecule has 0 atom stereocenters. The summed E-state index contributed by atoms with van der Waals surface area (Å²) >= 11 is 0. The average molecular weight is 345 g/mol. The first-order valence-electron chi connectivity index (χ1n) is 7.98. The number of aryl methyl sites for hydroxylation is 1. The highest BCUT2D eigenvalue weighted by atomic mass is 16.1. The van der Waals surface area contributed by atoms with E-state index in [1.807, 2.05) is 0 Å². The lowest BCUT2D eigenvalue weighted by molar-refractivity contribution is 0.102. The number of aromatic nitrogens is 4. The number of carbonyl (C=O) groups is 2. The maximum Gasteiger partial charge on any atom is 0.257 e. The summed E-state index contributed by atoms with van der Waals surface area (Å²) in [6.45, 7) is 0. The van der Waals surface area contributed by atoms with Gasteiger partial charge in [-0.05, 0) is 36.4 Å². The van der Waals surface area contributed by atoms with Gasteiger partial charge in [-0.2, -0.15) is 0 Å². The van der Waals surface area contributed by atoms with E-state index in [-0.39, 0.29) is 11.7 Å². The zero-order valence-electron chi connectivity index (χ0n) is 14.0. The Balaban J connectivity index is 1.51. The summed E-state index contributed by atoms with van der Waals surface area (Å²) in [7, 11) is 1.77. The van der Waals surface area contributed by atoms with Crippen molar-refractivity contribution in [2.24, 2.45) is 7.05 Å². The molecule has 4 rings (SSSR count). The van der Waals surface area contributed by atoms with E-state index in [1.165, 1.54) is 0 Å². The lowest BCUT2D eigenvalue weighted by Crippen LogP contribution is -2.13. The van der Waals surface area contributed by atoms with Crippen LogP contribution in [0.25, 0.3) is 5.65 Å². The fourth-order valence-corrected chi connectivity index (χ4v) is 2.68. The molecule has 3 aromatic heterocycles. The van der Waals surface area contributed by atoms with Crippen LogP contribution in [-0.2, 0) is 7.05 Å². The van der Waals surface area contributed by atoms with Crippen LogP contribution in [0.3, 0.4) is 0 Å². The molecule has 0 saturated heterocycles. The van der Waals surface area contributed by atoms with Crippen LogP contribution in [0.1, 0.15) is 26.5 Å². The van der Waals surface area contributed by atoms with Crippen LogP contribution in [0.2, 0.25) is 0 Å². The summed E-state index contributed by atoms with van der Waals surface area (Å²) in [6.07, 6.45) is 8.48. The van der Waals surface area contributed by atoms with Gasteiger partial charge in [0.2, 0.25) is 5.78 Å². The number of nitrogens with one attached hydrogen (secondary N) is 1. The smallest absolute Gasteiger partial charge is 0.257 e. The van der Waals surface area contributed by atoms with Crippen molar-refractivity contribution in [1.29, 1.82) is 0 Å². The van der Waals surface area contributed by atoms with Gasteiger partial charge in [0.25, 0.3) is 5.91 Å². The Labute approximate surface area is 148 Å². The van der Waals surface area contributed by atoms with Gasteiger partial charge < -0.3 is 14.3 Å². The average Bonchev–Trinajstić information content (AvgIpc) is 3.29. The fraction of sp³-hybridized carbons (Fsp3) is 0.0526. The van der Waals surface area contributed by atoms with Gasteiger partial charge in [0.05, 0.1) is 5.56 Å². The first-order chi connectivity index (χ1) is 12.6. The molecule has 0 spiro atoms. The molecule has 0 bridgehead atoms. The molecule has 0 aliphatic rings. The number of carbonyl (C=O) groups excluding carboxylic acids is 2. The summed E-state index contributed by atoms with van der Waals surface area (Å²) in [5, 5.41) is 2.82. The maximum absolute atomic E-state index is 12.4. The third kappa shape index (κ3) is 2.86. The summed E-state index contributed by atoms with van der Waals surface area (Å²) in [5.41, 5.74) is 2.41. The van der Waals surface area contributed by atoms with E-state index in [0.717, 1.165) is 5.65 Å². The number of fused-ring (bicyclic) bond motifs is 1. The van der Waals surface area contributed by atoms with Gasteiger partial charge in [0.15, 0.2) is 5.82 Å². The predicted molar refractivity (Wildman–Crippen MR) is 96.2 cm³/mol. The standard InChI is InChI=1S/C19H15N5O2/c1-23-10-8-21-18(23)17(25)13-2-5-15(6-3-13)22-19(26)14-4-7-16-20-9-11-24(16)12-14/h2-12H,1H3,(H,22,26). The largest absolute Gasteiger partial charge is 0.331 e. The molecule has 7 heteroatoms. The molecule has 7 nitrogen and oxygen atoms in total. The van der Waals surface area contributed by atoms with Crippen molar-refractivity contribution in [2.75, 3.05) is 5.32 Å². The Kier molecular flexibility index (Phi) is 3.81. The second-order valence-corrected chi connectivity index (χ2v) is 5.83. The minimum atomic E-state index is -0.233. The molecular formula is C19H15N5O2. The summed E-state index contributed by atoms with van der Waals surface area (Å²) in [6, 6.07) is 10.2. The van der Waals surface area contributed by atoms with Gasteiger partial charge in [0.1, 0.15) is 5.65 Å². The molecule has 3 heterocycles. The lowest BCUT2D eigenvalue weighted by Gasteiger charge is -2.07. The molecule has 4 aromatic rings. The zero-order chi connectivity index (χ0) is 18.1. The molecule has 0 aliphatic heterocycles. The van der Waals surface area contributed by atoms with Crippen LogP contribution in [0.4, 0.5) is 5.69 Å². The van der Waals surface area contributed by atoms with E-state index >= 15 is 0 Å². The Bertz CT molecular complexity index is 1110. The second kappa shape index (κ2) is 6.29. The molecule has 0 radical (unpaired) electrons. The number of nitrogens with zero attached hydrogens (tertiary/aromatic N) is 4. The Hall–Kier alpha value is -3.74. The van der Waals surface area contributed by atoms with Gasteiger partial charge >= 0.3 is 0 Å². The van der Waals surface area contributed by atoms with Crippen LogP contribution >= 0.6 is 0 Å². The first kappa shape index (κ1) is 15.8. The van der Waals surface area contributed by atoms with Crippen molar-refractivity contribution >= 4 is 23.0 Å². The predicted octanol–water partition coefficient (Wildman–Crippen LogP) is 2.55. The van der Waals surface area contributed by atoms with Crippen molar-refractivity contribution in [3.05, 3.63) is 84.3 Å². The van der Waals surface area contributed by atoms with Crippen LogP contribution in [0.5, 0.6) is 0 Å². The summed E-state index contributed by atoms with van der Waals surface area (Å²) in [4.78, 5) is 33.0. The quantitative estimate of drug-likeness (QED) is 0.576. The third-order valence-corrected chi connectivity index (χ3v) is 4.08. The van der Waals surface area contributed by atoms with Gasteiger partial charge in [-0.15, -0.1) is 0 Å². The molecule has 0 aliphatic carbocycles. The minimum absolute atomic E-state index is 0.166. The number of hydrogen-bond acceptors (Lipinski definition) is 4. The highest BCUT2D eigenvalue weighted by Crippen LogP contribution is 2.14. The van der Waals surface area contributed by atoms with Crippen LogP contribution in [0, 0.1) is 0 Å². The third-order valence-electron chi connectivity index (χ3n) is 4.08. The molecule has 1 aromatic carbocycles. The number of anilines is 1. The zero-order valence-corrected chi connectivity index (χ0v) is 14.0. The Morgan fingerprint density at radius 3 is 2.38 bits per heavy atom. The number of hydrogen-bond donors (Lipinski definition) is 1. The van der Waals surface area contributed by atoms with Gasteiger partial charge in [-0.3, -0.25) is 9.59 Å². The topological polar surface area (TPSA) is 81.3 Å². The SMILES string of the molecule is Cn1ccnc1C(=O)c1ccc(NC(=O)c2ccc3nccn3c2)cc1. The molecule has 1 N–H and O–H groups in total. The molecule has 1 amide bonds. The number of ketones is 1. The van der Waals surface area contributed by atoms with E-state index in [0.29, 0.717) is 22.6 Å². The lowest BCUT2D eigenvalue weighted by atomic mass is 10.1. The Morgan fingerprint density at radius 2 is 1.65 bits per heavy atom. The van der Waals surface area contributed by atoms with E-state index in [2.05, 4.69) is 15.3 Å². The second-order valence-electron chi connectivity index (χ2n) is 5.83. The van der Waals surface area contributed by atoms with Crippen molar-refractivity contribution in [3.8, 4) is 0 Å². The molecule has 0 saturated carbocycles. The monoisotopic (exact) mass is 345 g/mol. The van der Waals surface area contributed by atoms with Gasteiger partial charge in [0, 0.05) is 49.3 Å². The number of imidazole rings is 2. The van der Waals surface area contributed by atoms with Crippen molar-refractivity contribution in [1.82, 2.24) is 18.9 Å². The van der Waals surface area contributed by atoms with Crippen molar-refractivity contribution < 1.29 is 9.59 Å². The Morgan fingerprint density at radius 1 is 0.923 bits per heavy atom. The molecule has 0 unspecified atom stereocenters. The van der Waals surface area contributed by atoms with Crippen molar-refractivity contribution in [2.45, 2.75) is 0 Å². The summed E-state index contributed by atoms with van der Waals surface area (Å²) in [5.74, 6) is -0.0277. The van der Waals surface area contributed by atoms with E-state index < -0.39 is 0 Å². The molecular weight excluding hydrogens is 330 g/mol. The van der Waals surface area contributed by atoms with E-state index in [4.69, 9.17) is 0 Å². The molecule has 128 valence electrons. The number of amides is 1.